The van der Waals surface area contributed by atoms with Crippen molar-refractivity contribution in [2.24, 2.45) is 10.8 Å². The van der Waals surface area contributed by atoms with Crippen molar-refractivity contribution in [1.82, 2.24) is 10.2 Å². The molecule has 2 rings (SSSR count). The number of carbonyl (C=O) groups is 2. The van der Waals surface area contributed by atoms with E-state index in [-0.39, 0.29) is 29.0 Å². The lowest BCUT2D eigenvalue weighted by Crippen LogP contribution is -2.47. The van der Waals surface area contributed by atoms with E-state index in [9.17, 15) is 14.7 Å². The molecule has 1 aliphatic heterocycles. The van der Waals surface area contributed by atoms with Gasteiger partial charge in [0, 0.05) is 26.1 Å². The first-order chi connectivity index (χ1) is 9.12. The second-order valence-corrected chi connectivity index (χ2v) is 6.93. The molecule has 1 saturated carbocycles. The Morgan fingerprint density at radius 3 is 2.20 bits per heavy atom. The summed E-state index contributed by atoms with van der Waals surface area (Å²) < 4.78 is 5.19. The number of methoxy groups -OCH3 is 1. The minimum Gasteiger partial charge on any atom is -0.480 e. The molecule has 0 radical (unpaired) electrons. The SMILES string of the molecule is COC1CC(C(=O)O)N(C(=O)NC2C(C)(C)C2(C)C)C1. The fourth-order valence-corrected chi connectivity index (χ4v) is 3.19. The largest absolute Gasteiger partial charge is 0.480 e. The van der Waals surface area contributed by atoms with Crippen molar-refractivity contribution >= 4 is 12.0 Å². The minimum atomic E-state index is -0.978. The summed E-state index contributed by atoms with van der Waals surface area (Å²) in [4.78, 5) is 25.0. The molecule has 0 bridgehead atoms. The maximum absolute atomic E-state index is 12.3. The van der Waals surface area contributed by atoms with Gasteiger partial charge in [-0.3, -0.25) is 0 Å². The summed E-state index contributed by atoms with van der Waals surface area (Å²) in [6.45, 7) is 8.75. The molecule has 1 heterocycles. The first-order valence-corrected chi connectivity index (χ1v) is 6.95. The van der Waals surface area contributed by atoms with Gasteiger partial charge in [-0.2, -0.15) is 0 Å². The molecule has 2 amide bonds. The van der Waals surface area contributed by atoms with Gasteiger partial charge in [0.15, 0.2) is 0 Å². The zero-order valence-electron chi connectivity index (χ0n) is 12.8. The molecule has 2 fully saturated rings. The third-order valence-corrected chi connectivity index (χ3v) is 5.43. The Hall–Kier alpha value is -1.30. The van der Waals surface area contributed by atoms with Crippen LogP contribution >= 0.6 is 0 Å². The van der Waals surface area contributed by atoms with Gasteiger partial charge in [0.25, 0.3) is 0 Å². The average molecular weight is 284 g/mol. The number of hydrogen-bond donors (Lipinski definition) is 2. The van der Waals surface area contributed by atoms with E-state index in [0.29, 0.717) is 13.0 Å². The number of carbonyl (C=O) groups excluding carboxylic acids is 1. The van der Waals surface area contributed by atoms with Crippen LogP contribution in [0.15, 0.2) is 0 Å². The van der Waals surface area contributed by atoms with Crippen molar-refractivity contribution in [2.45, 2.75) is 52.3 Å². The number of nitrogens with one attached hydrogen (secondary N) is 1. The van der Waals surface area contributed by atoms with Crippen LogP contribution in [-0.4, -0.2) is 53.8 Å². The Labute approximate surface area is 119 Å². The van der Waals surface area contributed by atoms with Crippen LogP contribution < -0.4 is 5.32 Å². The van der Waals surface area contributed by atoms with Gasteiger partial charge >= 0.3 is 12.0 Å². The van der Waals surface area contributed by atoms with Crippen molar-refractivity contribution in [3.63, 3.8) is 0 Å². The average Bonchev–Trinajstić information content (AvgIpc) is 2.74. The summed E-state index contributed by atoms with van der Waals surface area (Å²) in [6, 6.07) is -1.04. The number of rotatable bonds is 3. The van der Waals surface area contributed by atoms with Gasteiger partial charge in [0.1, 0.15) is 6.04 Å². The number of likely N-dealkylation sites (tertiary alicyclic amines) is 1. The maximum atomic E-state index is 12.3. The topological polar surface area (TPSA) is 78.9 Å². The number of ether oxygens (including phenoxy) is 1. The van der Waals surface area contributed by atoms with Crippen LogP contribution in [-0.2, 0) is 9.53 Å². The maximum Gasteiger partial charge on any atom is 0.326 e. The van der Waals surface area contributed by atoms with Crippen LogP contribution in [0.5, 0.6) is 0 Å². The third-order valence-electron chi connectivity index (χ3n) is 5.43. The first kappa shape index (κ1) is 15.1. The lowest BCUT2D eigenvalue weighted by Gasteiger charge is -2.22. The van der Waals surface area contributed by atoms with Crippen LogP contribution in [0.2, 0.25) is 0 Å². The highest BCUT2D eigenvalue weighted by molar-refractivity contribution is 5.84. The Kier molecular flexibility index (Phi) is 3.48. The molecular weight excluding hydrogens is 260 g/mol. The summed E-state index contributed by atoms with van der Waals surface area (Å²) >= 11 is 0. The number of aliphatic carboxylic acids is 1. The molecule has 6 heteroatoms. The summed E-state index contributed by atoms with van der Waals surface area (Å²) in [5.74, 6) is -0.978. The fraction of sp³-hybridized carbons (Fsp3) is 0.857. The molecule has 20 heavy (non-hydrogen) atoms. The molecule has 6 nitrogen and oxygen atoms in total. The van der Waals surface area contributed by atoms with Crippen molar-refractivity contribution in [1.29, 1.82) is 0 Å². The summed E-state index contributed by atoms with van der Waals surface area (Å²) in [5, 5.41) is 12.2. The van der Waals surface area contributed by atoms with E-state index in [2.05, 4.69) is 33.0 Å². The van der Waals surface area contributed by atoms with Crippen molar-refractivity contribution < 1.29 is 19.4 Å². The number of urea groups is 1. The first-order valence-electron chi connectivity index (χ1n) is 6.95. The van der Waals surface area contributed by atoms with Crippen LogP contribution in [0.1, 0.15) is 34.1 Å². The molecule has 1 saturated heterocycles. The van der Waals surface area contributed by atoms with Crippen molar-refractivity contribution in [3.05, 3.63) is 0 Å². The van der Waals surface area contributed by atoms with Crippen LogP contribution in [0.3, 0.4) is 0 Å². The highest BCUT2D eigenvalue weighted by Gasteiger charge is 2.65. The Morgan fingerprint density at radius 1 is 1.25 bits per heavy atom. The van der Waals surface area contributed by atoms with Gasteiger partial charge in [0.2, 0.25) is 0 Å². The number of nitrogens with zero attached hydrogens (tertiary/aromatic N) is 1. The number of amides is 2. The van der Waals surface area contributed by atoms with E-state index in [1.165, 1.54) is 12.0 Å². The van der Waals surface area contributed by atoms with E-state index in [4.69, 9.17) is 4.74 Å². The van der Waals surface area contributed by atoms with Gasteiger partial charge in [-0.05, 0) is 10.8 Å². The number of carboxylic acids is 1. The molecule has 1 aliphatic carbocycles. The zero-order chi connectivity index (χ0) is 15.3. The third kappa shape index (κ3) is 2.16. The Bertz CT molecular complexity index is 419. The normalized spacial score (nSPS) is 31.1. The zero-order valence-corrected chi connectivity index (χ0v) is 12.8. The van der Waals surface area contributed by atoms with E-state index in [0.717, 1.165) is 0 Å². The number of carboxylic acid groups (broad SMARTS) is 1. The molecular formula is C14H24N2O4. The molecule has 0 aromatic heterocycles. The summed E-state index contributed by atoms with van der Waals surface area (Å²) in [5.41, 5.74) is 0.0591. The second kappa shape index (κ2) is 4.62. The van der Waals surface area contributed by atoms with Crippen molar-refractivity contribution in [2.75, 3.05) is 13.7 Å². The molecule has 2 unspecified atom stereocenters. The lowest BCUT2D eigenvalue weighted by atomic mass is 10.0. The van der Waals surface area contributed by atoms with E-state index < -0.39 is 12.0 Å². The quantitative estimate of drug-likeness (QED) is 0.819. The van der Waals surface area contributed by atoms with E-state index >= 15 is 0 Å². The van der Waals surface area contributed by atoms with Crippen LogP contribution in [0.4, 0.5) is 4.79 Å². The van der Waals surface area contributed by atoms with E-state index in [1.54, 1.807) is 0 Å². The lowest BCUT2D eigenvalue weighted by molar-refractivity contribution is -0.141. The molecule has 0 aromatic carbocycles. The Morgan fingerprint density at radius 2 is 1.80 bits per heavy atom. The minimum absolute atomic E-state index is 0.0295. The van der Waals surface area contributed by atoms with E-state index in [1.807, 2.05) is 0 Å². The monoisotopic (exact) mass is 284 g/mol. The highest BCUT2D eigenvalue weighted by Crippen LogP contribution is 2.62. The summed E-state index contributed by atoms with van der Waals surface area (Å²) in [7, 11) is 1.54. The highest BCUT2D eigenvalue weighted by atomic mass is 16.5. The van der Waals surface area contributed by atoms with Gasteiger partial charge < -0.3 is 20.1 Å². The van der Waals surface area contributed by atoms with Gasteiger partial charge in [-0.15, -0.1) is 0 Å². The van der Waals surface area contributed by atoms with Gasteiger partial charge in [-0.25, -0.2) is 9.59 Å². The smallest absolute Gasteiger partial charge is 0.326 e. The number of hydrogen-bond acceptors (Lipinski definition) is 3. The summed E-state index contributed by atoms with van der Waals surface area (Å²) in [6.07, 6.45) is 0.138. The standard InChI is InChI=1S/C14H24N2O4/c1-13(2)11(14(13,3)4)15-12(19)16-7-8(20-5)6-9(16)10(17)18/h8-9,11H,6-7H2,1-5H3,(H,15,19)(H,17,18). The predicted octanol–water partition coefficient (Wildman–Crippen LogP) is 1.30. The molecule has 0 aromatic rings. The fourth-order valence-electron chi connectivity index (χ4n) is 3.19. The van der Waals surface area contributed by atoms with Crippen LogP contribution in [0.25, 0.3) is 0 Å². The molecule has 2 atom stereocenters. The second-order valence-electron chi connectivity index (χ2n) is 6.93. The molecule has 0 spiro atoms. The predicted molar refractivity (Wildman–Crippen MR) is 73.4 cm³/mol. The van der Waals surface area contributed by atoms with Gasteiger partial charge in [-0.1, -0.05) is 27.7 Å². The Balaban J connectivity index is 2.04. The van der Waals surface area contributed by atoms with Gasteiger partial charge in [0.05, 0.1) is 6.10 Å². The molecule has 114 valence electrons. The molecule has 2 aliphatic rings. The molecule has 2 N–H and O–H groups in total. The van der Waals surface area contributed by atoms with Crippen molar-refractivity contribution in [3.8, 4) is 0 Å². The van der Waals surface area contributed by atoms with Crippen LogP contribution in [0, 0.1) is 10.8 Å².